The summed E-state index contributed by atoms with van der Waals surface area (Å²) in [6.07, 6.45) is 64.0. The SMILES string of the molecule is CC/C=C\C/C=C\C/C=C\C/C=C\C/C=C\CCC(=O)OCC(COC(=O)CCCCCCCCCCCCC)OC(=O)CCCCCCCC/C=C\C/C=C\C/C=C\CC. The van der Waals surface area contributed by atoms with Crippen LogP contribution >= 0.6 is 0 Å². The third-order valence-electron chi connectivity index (χ3n) is 10.1. The monoisotopic (exact) mass is 847 g/mol. The lowest BCUT2D eigenvalue weighted by molar-refractivity contribution is -0.166. The molecule has 0 rings (SSSR count). The summed E-state index contributed by atoms with van der Waals surface area (Å²) >= 11 is 0. The van der Waals surface area contributed by atoms with Crippen LogP contribution in [0.1, 0.15) is 213 Å². The average Bonchev–Trinajstić information content (AvgIpc) is 3.26. The van der Waals surface area contributed by atoms with Crippen molar-refractivity contribution >= 4 is 17.9 Å². The van der Waals surface area contributed by atoms with Crippen molar-refractivity contribution in [1.29, 1.82) is 0 Å². The fourth-order valence-electron chi connectivity index (χ4n) is 6.45. The molecule has 1 unspecified atom stereocenters. The lowest BCUT2D eigenvalue weighted by Gasteiger charge is -2.18. The smallest absolute Gasteiger partial charge is 0.306 e. The van der Waals surface area contributed by atoms with Crippen LogP contribution in [-0.2, 0) is 28.6 Å². The first-order chi connectivity index (χ1) is 30.0. The Morgan fingerprint density at radius 3 is 1.10 bits per heavy atom. The summed E-state index contributed by atoms with van der Waals surface area (Å²) in [5, 5.41) is 0. The molecule has 0 heterocycles. The topological polar surface area (TPSA) is 78.9 Å². The maximum Gasteiger partial charge on any atom is 0.306 e. The van der Waals surface area contributed by atoms with Crippen molar-refractivity contribution in [3.63, 3.8) is 0 Å². The second-order valence-corrected chi connectivity index (χ2v) is 16.0. The summed E-state index contributed by atoms with van der Waals surface area (Å²) in [6, 6.07) is 0. The number of allylic oxidation sites excluding steroid dienone is 16. The highest BCUT2D eigenvalue weighted by Crippen LogP contribution is 2.14. The predicted molar refractivity (Wildman–Crippen MR) is 260 cm³/mol. The zero-order chi connectivity index (χ0) is 44.4. The molecular weight excluding hydrogens is 757 g/mol. The summed E-state index contributed by atoms with van der Waals surface area (Å²) in [5.74, 6) is -1.01. The van der Waals surface area contributed by atoms with Crippen molar-refractivity contribution in [1.82, 2.24) is 0 Å². The molecule has 0 aliphatic heterocycles. The van der Waals surface area contributed by atoms with Gasteiger partial charge in [0, 0.05) is 19.3 Å². The van der Waals surface area contributed by atoms with Gasteiger partial charge in [-0.25, -0.2) is 0 Å². The molecule has 0 aromatic rings. The lowest BCUT2D eigenvalue weighted by atomic mass is 10.1. The number of ether oxygens (including phenoxy) is 3. The first kappa shape index (κ1) is 57.3. The van der Waals surface area contributed by atoms with Crippen LogP contribution in [-0.4, -0.2) is 37.2 Å². The second-order valence-electron chi connectivity index (χ2n) is 16.0. The van der Waals surface area contributed by atoms with Crippen molar-refractivity contribution in [3.05, 3.63) is 97.2 Å². The van der Waals surface area contributed by atoms with Crippen molar-refractivity contribution in [2.24, 2.45) is 0 Å². The van der Waals surface area contributed by atoms with E-state index in [9.17, 15) is 14.4 Å². The second kappa shape index (κ2) is 49.0. The Balaban J connectivity index is 4.51. The molecule has 0 saturated heterocycles. The van der Waals surface area contributed by atoms with Gasteiger partial charge in [0.1, 0.15) is 13.2 Å². The fraction of sp³-hybridized carbons (Fsp3) is 0.655. The maximum absolute atomic E-state index is 12.8. The molecule has 0 aliphatic carbocycles. The summed E-state index contributed by atoms with van der Waals surface area (Å²) in [5.41, 5.74) is 0. The van der Waals surface area contributed by atoms with E-state index in [0.717, 1.165) is 103 Å². The number of unbranched alkanes of at least 4 members (excludes halogenated alkanes) is 16. The molecule has 0 aromatic carbocycles. The van der Waals surface area contributed by atoms with Crippen LogP contribution < -0.4 is 0 Å². The molecule has 0 aromatic heterocycles. The summed E-state index contributed by atoms with van der Waals surface area (Å²) < 4.78 is 16.7. The molecule has 6 nitrogen and oxygen atoms in total. The average molecular weight is 847 g/mol. The van der Waals surface area contributed by atoms with E-state index >= 15 is 0 Å². The first-order valence-corrected chi connectivity index (χ1v) is 24.7. The minimum absolute atomic E-state index is 0.105. The quantitative estimate of drug-likeness (QED) is 0.0263. The Morgan fingerprint density at radius 2 is 0.672 bits per heavy atom. The van der Waals surface area contributed by atoms with E-state index in [4.69, 9.17) is 14.2 Å². The molecule has 0 aliphatic rings. The number of rotatable bonds is 43. The Bertz CT molecular complexity index is 1250. The number of hydrogen-bond donors (Lipinski definition) is 0. The minimum Gasteiger partial charge on any atom is -0.462 e. The van der Waals surface area contributed by atoms with Gasteiger partial charge in [-0.05, 0) is 83.5 Å². The van der Waals surface area contributed by atoms with Crippen LogP contribution in [0.4, 0.5) is 0 Å². The van der Waals surface area contributed by atoms with E-state index < -0.39 is 6.10 Å². The Hall–Kier alpha value is -3.67. The van der Waals surface area contributed by atoms with E-state index in [1.807, 2.05) is 12.2 Å². The molecule has 0 saturated carbocycles. The van der Waals surface area contributed by atoms with Crippen LogP contribution in [0.3, 0.4) is 0 Å². The number of hydrogen-bond acceptors (Lipinski definition) is 6. The largest absolute Gasteiger partial charge is 0.462 e. The van der Waals surface area contributed by atoms with Gasteiger partial charge in [0.05, 0.1) is 0 Å². The zero-order valence-corrected chi connectivity index (χ0v) is 39.4. The van der Waals surface area contributed by atoms with Gasteiger partial charge in [-0.3, -0.25) is 14.4 Å². The third-order valence-corrected chi connectivity index (χ3v) is 10.1. The van der Waals surface area contributed by atoms with Gasteiger partial charge >= 0.3 is 17.9 Å². The Labute approximate surface area is 375 Å². The van der Waals surface area contributed by atoms with Crippen LogP contribution in [0.25, 0.3) is 0 Å². The number of esters is 3. The van der Waals surface area contributed by atoms with E-state index in [-0.39, 0.29) is 37.5 Å². The molecule has 1 atom stereocenters. The highest BCUT2D eigenvalue weighted by atomic mass is 16.6. The van der Waals surface area contributed by atoms with E-state index in [1.165, 1.54) is 64.2 Å². The van der Waals surface area contributed by atoms with Gasteiger partial charge in [-0.2, -0.15) is 0 Å². The maximum atomic E-state index is 12.8. The van der Waals surface area contributed by atoms with Gasteiger partial charge in [0.2, 0.25) is 0 Å². The highest BCUT2D eigenvalue weighted by molar-refractivity contribution is 5.71. The Morgan fingerprint density at radius 1 is 0.344 bits per heavy atom. The fourth-order valence-corrected chi connectivity index (χ4v) is 6.45. The molecular formula is C55H90O6. The summed E-state index contributed by atoms with van der Waals surface area (Å²) in [4.78, 5) is 37.9. The van der Waals surface area contributed by atoms with Crippen molar-refractivity contribution in [3.8, 4) is 0 Å². The third kappa shape index (κ3) is 47.2. The van der Waals surface area contributed by atoms with Gasteiger partial charge in [-0.15, -0.1) is 0 Å². The van der Waals surface area contributed by atoms with Crippen LogP contribution in [0.2, 0.25) is 0 Å². The molecule has 0 amide bonds. The van der Waals surface area contributed by atoms with Gasteiger partial charge < -0.3 is 14.2 Å². The van der Waals surface area contributed by atoms with Crippen molar-refractivity contribution in [2.45, 2.75) is 219 Å². The zero-order valence-electron chi connectivity index (χ0n) is 39.4. The van der Waals surface area contributed by atoms with Gasteiger partial charge in [0.25, 0.3) is 0 Å². The molecule has 0 radical (unpaired) electrons. The normalized spacial score (nSPS) is 12.9. The van der Waals surface area contributed by atoms with E-state index in [0.29, 0.717) is 19.3 Å². The summed E-state index contributed by atoms with van der Waals surface area (Å²) in [7, 11) is 0. The standard InChI is InChI=1S/C55H90O6/c1-4-7-10-13-16-19-22-24-26-28-30-33-36-39-42-45-48-54(57)60-51-52(50-59-53(56)47-44-41-38-35-32-21-18-15-12-9-6-3)61-55(58)49-46-43-40-37-34-31-29-27-25-23-20-17-14-11-8-5-2/h7-8,10-11,16-17,19-20,24-27,30,33,39,42,52H,4-6,9,12-15,18,21-23,28-29,31-32,34-38,40-41,43-51H2,1-3H3/b10-7-,11-8-,19-16-,20-17-,26-24-,27-25-,33-30-,42-39-. The van der Waals surface area contributed by atoms with Crippen LogP contribution in [0, 0.1) is 0 Å². The first-order valence-electron chi connectivity index (χ1n) is 24.7. The van der Waals surface area contributed by atoms with Crippen LogP contribution in [0.15, 0.2) is 97.2 Å². The number of carbonyl (C=O) groups excluding carboxylic acids is 3. The number of carbonyl (C=O) groups is 3. The van der Waals surface area contributed by atoms with Crippen molar-refractivity contribution < 1.29 is 28.6 Å². The Kier molecular flexibility index (Phi) is 46.0. The minimum atomic E-state index is -0.812. The van der Waals surface area contributed by atoms with Gasteiger partial charge in [0.15, 0.2) is 6.10 Å². The molecule has 6 heteroatoms. The molecule has 0 spiro atoms. The molecule has 0 bridgehead atoms. The lowest BCUT2D eigenvalue weighted by Crippen LogP contribution is -2.30. The predicted octanol–water partition coefficient (Wildman–Crippen LogP) is 16.2. The molecule has 346 valence electrons. The molecule has 0 fully saturated rings. The summed E-state index contributed by atoms with van der Waals surface area (Å²) in [6.45, 7) is 6.31. The van der Waals surface area contributed by atoms with Crippen molar-refractivity contribution in [2.75, 3.05) is 13.2 Å². The highest BCUT2D eigenvalue weighted by Gasteiger charge is 2.19. The molecule has 0 N–H and O–H groups in total. The van der Waals surface area contributed by atoms with Gasteiger partial charge in [-0.1, -0.05) is 208 Å². The molecule has 61 heavy (non-hydrogen) atoms. The van der Waals surface area contributed by atoms with E-state index in [1.54, 1.807) is 0 Å². The van der Waals surface area contributed by atoms with E-state index in [2.05, 4.69) is 106 Å². The van der Waals surface area contributed by atoms with Crippen LogP contribution in [0.5, 0.6) is 0 Å².